The van der Waals surface area contributed by atoms with Crippen molar-refractivity contribution in [3.63, 3.8) is 0 Å². The number of alkyl halides is 3. The standard InChI is InChI=1S/C19H16ClF3N4O2/c20-13-6-8-14(9-7-13)27-17(19(21,22)23)15(10-25-27)26-18(29)24-11-16(28)12-4-2-1-3-5-12/h1-10,16,28H,11H2,(H2,24,26,29). The molecule has 0 saturated carbocycles. The molecule has 2 aromatic carbocycles. The first-order valence-corrected chi connectivity index (χ1v) is 8.82. The number of carbonyl (C=O) groups is 1. The highest BCUT2D eigenvalue weighted by molar-refractivity contribution is 6.30. The summed E-state index contributed by atoms with van der Waals surface area (Å²) in [6.45, 7) is -0.178. The van der Waals surface area contributed by atoms with Gasteiger partial charge >= 0.3 is 12.2 Å². The molecule has 1 atom stereocenters. The molecule has 1 aromatic heterocycles. The summed E-state index contributed by atoms with van der Waals surface area (Å²) >= 11 is 5.77. The van der Waals surface area contributed by atoms with E-state index in [0.29, 0.717) is 15.3 Å². The predicted molar refractivity (Wildman–Crippen MR) is 102 cm³/mol. The number of nitrogens with zero attached hydrogens (tertiary/aromatic N) is 2. The minimum Gasteiger partial charge on any atom is -0.387 e. The van der Waals surface area contributed by atoms with Gasteiger partial charge in [0, 0.05) is 11.6 Å². The van der Waals surface area contributed by atoms with Crippen LogP contribution in [0.2, 0.25) is 5.02 Å². The third kappa shape index (κ3) is 5.07. The molecule has 3 N–H and O–H groups in total. The summed E-state index contributed by atoms with van der Waals surface area (Å²) < 4.78 is 41.5. The number of aliphatic hydroxyl groups is 1. The zero-order valence-electron chi connectivity index (χ0n) is 14.8. The highest BCUT2D eigenvalue weighted by Crippen LogP contribution is 2.36. The van der Waals surface area contributed by atoms with Crippen molar-refractivity contribution in [2.24, 2.45) is 0 Å². The highest BCUT2D eigenvalue weighted by Gasteiger charge is 2.39. The Morgan fingerprint density at radius 2 is 1.79 bits per heavy atom. The first-order valence-electron chi connectivity index (χ1n) is 8.44. The average Bonchev–Trinajstić information content (AvgIpc) is 3.11. The van der Waals surface area contributed by atoms with Crippen molar-refractivity contribution in [1.82, 2.24) is 15.1 Å². The first kappa shape index (κ1) is 20.7. The summed E-state index contributed by atoms with van der Waals surface area (Å²) in [5, 5.41) is 18.6. The quantitative estimate of drug-likeness (QED) is 0.568. The van der Waals surface area contributed by atoms with Crippen LogP contribution in [0, 0.1) is 0 Å². The van der Waals surface area contributed by atoms with E-state index >= 15 is 0 Å². The maximum atomic E-state index is 13.6. The number of aromatic nitrogens is 2. The van der Waals surface area contributed by atoms with Crippen molar-refractivity contribution in [1.29, 1.82) is 0 Å². The minimum atomic E-state index is -4.78. The number of urea groups is 1. The van der Waals surface area contributed by atoms with Crippen LogP contribution in [0.25, 0.3) is 5.69 Å². The zero-order chi connectivity index (χ0) is 21.0. The second kappa shape index (κ2) is 8.54. The van der Waals surface area contributed by atoms with Gasteiger partial charge in [-0.3, -0.25) is 0 Å². The number of benzene rings is 2. The molecule has 0 saturated heterocycles. The Morgan fingerprint density at radius 3 is 2.41 bits per heavy atom. The van der Waals surface area contributed by atoms with Crippen LogP contribution < -0.4 is 10.6 Å². The molecule has 0 aliphatic carbocycles. The molecule has 3 rings (SSSR count). The molecule has 29 heavy (non-hydrogen) atoms. The Hall–Kier alpha value is -3.04. The molecule has 0 aliphatic rings. The van der Waals surface area contributed by atoms with E-state index in [-0.39, 0.29) is 12.2 Å². The van der Waals surface area contributed by atoms with Gasteiger partial charge in [0.05, 0.1) is 23.7 Å². The van der Waals surface area contributed by atoms with Crippen molar-refractivity contribution in [3.05, 3.63) is 77.1 Å². The van der Waals surface area contributed by atoms with Gasteiger partial charge in [-0.15, -0.1) is 0 Å². The van der Waals surface area contributed by atoms with Gasteiger partial charge in [-0.05, 0) is 29.8 Å². The van der Waals surface area contributed by atoms with E-state index in [1.54, 1.807) is 30.3 Å². The fraction of sp³-hybridized carbons (Fsp3) is 0.158. The molecule has 10 heteroatoms. The van der Waals surface area contributed by atoms with E-state index in [1.807, 2.05) is 0 Å². The number of aliphatic hydroxyl groups excluding tert-OH is 1. The lowest BCUT2D eigenvalue weighted by Crippen LogP contribution is -2.33. The van der Waals surface area contributed by atoms with Crippen molar-refractivity contribution in [3.8, 4) is 5.69 Å². The summed E-state index contributed by atoms with van der Waals surface area (Å²) in [7, 11) is 0. The van der Waals surface area contributed by atoms with Gasteiger partial charge in [-0.1, -0.05) is 41.9 Å². The lowest BCUT2D eigenvalue weighted by atomic mass is 10.1. The van der Waals surface area contributed by atoms with Crippen LogP contribution in [0.5, 0.6) is 0 Å². The van der Waals surface area contributed by atoms with Crippen LogP contribution in [-0.4, -0.2) is 27.5 Å². The van der Waals surface area contributed by atoms with Gasteiger partial charge in [0.25, 0.3) is 0 Å². The molecule has 1 unspecified atom stereocenters. The van der Waals surface area contributed by atoms with Gasteiger partial charge in [0.1, 0.15) is 0 Å². The van der Waals surface area contributed by atoms with Crippen LogP contribution in [-0.2, 0) is 6.18 Å². The van der Waals surface area contributed by atoms with E-state index in [9.17, 15) is 23.1 Å². The summed E-state index contributed by atoms with van der Waals surface area (Å²) in [5.74, 6) is 0. The average molecular weight is 425 g/mol. The molecular formula is C19H16ClF3N4O2. The lowest BCUT2D eigenvalue weighted by molar-refractivity contribution is -0.142. The Labute approximate surface area is 168 Å². The van der Waals surface area contributed by atoms with Crippen molar-refractivity contribution in [2.75, 3.05) is 11.9 Å². The molecule has 0 bridgehead atoms. The van der Waals surface area contributed by atoms with Crippen molar-refractivity contribution in [2.45, 2.75) is 12.3 Å². The van der Waals surface area contributed by atoms with Crippen LogP contribution in [0.3, 0.4) is 0 Å². The third-order valence-electron chi connectivity index (χ3n) is 4.00. The summed E-state index contributed by atoms with van der Waals surface area (Å²) in [4.78, 5) is 12.1. The van der Waals surface area contributed by atoms with Crippen LogP contribution in [0.15, 0.2) is 60.8 Å². The second-order valence-electron chi connectivity index (χ2n) is 6.05. The monoisotopic (exact) mass is 424 g/mol. The molecule has 6 nitrogen and oxygen atoms in total. The van der Waals surface area contributed by atoms with Gasteiger partial charge in [-0.25, -0.2) is 9.48 Å². The van der Waals surface area contributed by atoms with Crippen molar-refractivity contribution >= 4 is 23.3 Å². The summed E-state index contributed by atoms with van der Waals surface area (Å²) in [6, 6.07) is 13.3. The van der Waals surface area contributed by atoms with Crippen LogP contribution in [0.1, 0.15) is 17.4 Å². The van der Waals surface area contributed by atoms with Crippen LogP contribution in [0.4, 0.5) is 23.7 Å². The molecule has 0 radical (unpaired) electrons. The smallest absolute Gasteiger partial charge is 0.387 e. The maximum absolute atomic E-state index is 13.6. The van der Waals surface area contributed by atoms with Crippen molar-refractivity contribution < 1.29 is 23.1 Å². The zero-order valence-corrected chi connectivity index (χ0v) is 15.6. The Morgan fingerprint density at radius 1 is 1.14 bits per heavy atom. The van der Waals surface area contributed by atoms with E-state index in [4.69, 9.17) is 11.6 Å². The number of rotatable bonds is 5. The molecule has 1 heterocycles. The van der Waals surface area contributed by atoms with Gasteiger partial charge < -0.3 is 15.7 Å². The number of carbonyl (C=O) groups excluding carboxylic acids is 1. The van der Waals surface area contributed by atoms with Gasteiger partial charge in [0.15, 0.2) is 5.69 Å². The van der Waals surface area contributed by atoms with Gasteiger partial charge in [0.2, 0.25) is 0 Å². The number of hydrogen-bond acceptors (Lipinski definition) is 3. The number of nitrogens with one attached hydrogen (secondary N) is 2. The molecule has 0 fully saturated rings. The van der Waals surface area contributed by atoms with E-state index in [1.165, 1.54) is 24.3 Å². The second-order valence-corrected chi connectivity index (χ2v) is 6.49. The fourth-order valence-corrected chi connectivity index (χ4v) is 2.77. The Balaban J connectivity index is 1.75. The number of hydrogen-bond donors (Lipinski definition) is 3. The highest BCUT2D eigenvalue weighted by atomic mass is 35.5. The molecule has 3 aromatic rings. The Kier molecular flexibility index (Phi) is 6.09. The fourth-order valence-electron chi connectivity index (χ4n) is 2.64. The normalized spacial score (nSPS) is 12.4. The number of halogens is 4. The first-order chi connectivity index (χ1) is 13.8. The molecule has 2 amide bonds. The maximum Gasteiger partial charge on any atom is 0.435 e. The molecular weight excluding hydrogens is 409 g/mol. The molecule has 0 spiro atoms. The molecule has 152 valence electrons. The minimum absolute atomic E-state index is 0.134. The van der Waals surface area contributed by atoms with E-state index in [2.05, 4.69) is 15.7 Å². The largest absolute Gasteiger partial charge is 0.435 e. The third-order valence-corrected chi connectivity index (χ3v) is 4.25. The Bertz CT molecular complexity index is 975. The molecule has 0 aliphatic heterocycles. The van der Waals surface area contributed by atoms with E-state index in [0.717, 1.165) is 6.20 Å². The van der Waals surface area contributed by atoms with Gasteiger partial charge in [-0.2, -0.15) is 18.3 Å². The predicted octanol–water partition coefficient (Wildman–Crippen LogP) is 4.40. The summed E-state index contributed by atoms with van der Waals surface area (Å²) in [6.07, 6.45) is -4.87. The number of anilines is 1. The summed E-state index contributed by atoms with van der Waals surface area (Å²) in [5.41, 5.74) is -0.952. The lowest BCUT2D eigenvalue weighted by Gasteiger charge is -2.15. The van der Waals surface area contributed by atoms with Crippen LogP contribution >= 0.6 is 11.6 Å². The SMILES string of the molecule is O=C(NCC(O)c1ccccc1)Nc1cnn(-c2ccc(Cl)cc2)c1C(F)(F)F. The number of amides is 2. The topological polar surface area (TPSA) is 79.2 Å². The van der Waals surface area contributed by atoms with E-state index < -0.39 is 29.7 Å².